The molecular weight excluding hydrogens is 488 g/mol. The second-order valence-electron chi connectivity index (χ2n) is 9.29. The first-order chi connectivity index (χ1) is 18.1. The number of carboxylic acids is 1. The highest BCUT2D eigenvalue weighted by atomic mass is 32.1. The Morgan fingerprint density at radius 1 is 1.00 bits per heavy atom. The first-order valence-electron chi connectivity index (χ1n) is 12.8. The Hall–Kier alpha value is -3.27. The molecule has 1 N–H and O–H groups in total. The highest BCUT2D eigenvalue weighted by Gasteiger charge is 2.20. The number of fused-ring (bicyclic) bond motifs is 1. The van der Waals surface area contributed by atoms with Crippen LogP contribution in [0.1, 0.15) is 42.5 Å². The zero-order valence-corrected chi connectivity index (χ0v) is 21.8. The molecule has 0 aliphatic carbocycles. The smallest absolute Gasteiger partial charge is 0.335 e. The number of aromatic carboxylic acids is 1. The van der Waals surface area contributed by atoms with Crippen molar-refractivity contribution in [2.45, 2.75) is 38.2 Å². The van der Waals surface area contributed by atoms with Gasteiger partial charge in [0.25, 0.3) is 0 Å². The molecule has 194 valence electrons. The van der Waals surface area contributed by atoms with E-state index in [9.17, 15) is 4.79 Å². The third kappa shape index (κ3) is 6.01. The maximum Gasteiger partial charge on any atom is 0.335 e. The van der Waals surface area contributed by atoms with E-state index < -0.39 is 5.97 Å². The third-order valence-corrected chi connectivity index (χ3v) is 7.75. The number of hydrogen-bond donors (Lipinski definition) is 1. The quantitative estimate of drug-likeness (QED) is 0.257. The monoisotopic (exact) mass is 520 g/mol. The van der Waals surface area contributed by atoms with E-state index in [2.05, 4.69) is 34.1 Å². The molecule has 0 amide bonds. The predicted molar refractivity (Wildman–Crippen MR) is 146 cm³/mol. The number of carboxylic acid groups (broad SMARTS) is 1. The Kier molecular flexibility index (Phi) is 8.13. The minimum absolute atomic E-state index is 0.258. The maximum atomic E-state index is 11.1. The zero-order valence-electron chi connectivity index (χ0n) is 21.0. The standard InChI is InChI=1S/C28H32N4O4S/c1-35-17-3-2-4-18-36-24-13-15-31(16-14-24)23-11-9-21(10-12-23)26-30-32-25(19-29-28(32)37-26)20-5-7-22(8-6-20)27(33)34/h5-12,19,24H,2-4,13-18H2,1H3,(H,33,34). The summed E-state index contributed by atoms with van der Waals surface area (Å²) in [5.74, 6) is -0.938. The van der Waals surface area contributed by atoms with Crippen LogP contribution in [-0.4, -0.2) is 65.2 Å². The summed E-state index contributed by atoms with van der Waals surface area (Å²) in [5, 5.41) is 14.8. The van der Waals surface area contributed by atoms with Crippen LogP contribution in [0.3, 0.4) is 0 Å². The lowest BCUT2D eigenvalue weighted by Crippen LogP contribution is -2.37. The van der Waals surface area contributed by atoms with Crippen LogP contribution in [0, 0.1) is 0 Å². The van der Waals surface area contributed by atoms with Gasteiger partial charge < -0.3 is 19.5 Å². The normalized spacial score (nSPS) is 14.5. The fourth-order valence-electron chi connectivity index (χ4n) is 4.66. The van der Waals surface area contributed by atoms with Gasteiger partial charge in [-0.05, 0) is 68.5 Å². The van der Waals surface area contributed by atoms with Crippen molar-refractivity contribution < 1.29 is 19.4 Å². The SMILES string of the molecule is COCCCCCOC1CCN(c2ccc(-c3nn4c(-c5ccc(C(=O)O)cc5)cnc4s3)cc2)CC1. The number of nitrogens with zero attached hydrogens (tertiary/aromatic N) is 4. The van der Waals surface area contributed by atoms with Crippen molar-refractivity contribution in [1.82, 2.24) is 14.6 Å². The van der Waals surface area contributed by atoms with Crippen LogP contribution < -0.4 is 4.90 Å². The summed E-state index contributed by atoms with van der Waals surface area (Å²) < 4.78 is 13.0. The number of rotatable bonds is 11. The fraction of sp³-hybridized carbons (Fsp3) is 0.393. The molecule has 0 saturated carbocycles. The first kappa shape index (κ1) is 25.4. The molecule has 5 rings (SSSR count). The van der Waals surface area contributed by atoms with Crippen LogP contribution in [0.4, 0.5) is 5.69 Å². The number of aromatic nitrogens is 3. The molecule has 0 bridgehead atoms. The molecule has 0 atom stereocenters. The number of hydrogen-bond acceptors (Lipinski definition) is 7. The van der Waals surface area contributed by atoms with Gasteiger partial charge in [0.15, 0.2) is 0 Å². The van der Waals surface area contributed by atoms with Crippen molar-refractivity contribution >= 4 is 28.0 Å². The molecule has 2 aromatic carbocycles. The van der Waals surface area contributed by atoms with Gasteiger partial charge in [-0.1, -0.05) is 23.5 Å². The number of carbonyl (C=O) groups is 1. The Morgan fingerprint density at radius 3 is 2.41 bits per heavy atom. The van der Waals surface area contributed by atoms with E-state index in [4.69, 9.17) is 19.7 Å². The molecule has 4 aromatic rings. The molecule has 0 unspecified atom stereocenters. The molecule has 0 radical (unpaired) electrons. The summed E-state index contributed by atoms with van der Waals surface area (Å²) in [7, 11) is 1.75. The van der Waals surface area contributed by atoms with Gasteiger partial charge in [-0.25, -0.2) is 14.3 Å². The molecule has 3 heterocycles. The Bertz CT molecular complexity index is 1310. The average molecular weight is 521 g/mol. The van der Waals surface area contributed by atoms with Crippen LogP contribution in [0.25, 0.3) is 26.8 Å². The first-order valence-corrected chi connectivity index (χ1v) is 13.6. The van der Waals surface area contributed by atoms with Crippen LogP contribution in [0.2, 0.25) is 0 Å². The average Bonchev–Trinajstić information content (AvgIpc) is 3.53. The second kappa shape index (κ2) is 11.9. The van der Waals surface area contributed by atoms with Crippen LogP contribution in [-0.2, 0) is 9.47 Å². The lowest BCUT2D eigenvalue weighted by Gasteiger charge is -2.33. The summed E-state index contributed by atoms with van der Waals surface area (Å²) in [6.07, 6.45) is 7.61. The summed E-state index contributed by atoms with van der Waals surface area (Å²) in [4.78, 5) is 18.9. The largest absolute Gasteiger partial charge is 0.478 e. The van der Waals surface area contributed by atoms with E-state index in [0.29, 0.717) is 6.10 Å². The number of unbranched alkanes of at least 4 members (excludes halogenated alkanes) is 2. The number of piperidine rings is 1. The van der Waals surface area contributed by atoms with Crippen molar-refractivity contribution in [3.8, 4) is 21.8 Å². The predicted octanol–water partition coefficient (Wildman–Crippen LogP) is 5.63. The molecular formula is C28H32N4O4S. The number of anilines is 1. The Labute approximate surface area is 220 Å². The fourth-order valence-corrected chi connectivity index (χ4v) is 5.54. The summed E-state index contributed by atoms with van der Waals surface area (Å²) in [6.45, 7) is 3.68. The second-order valence-corrected chi connectivity index (χ2v) is 10.2. The third-order valence-electron chi connectivity index (χ3n) is 6.78. The van der Waals surface area contributed by atoms with Gasteiger partial charge in [0.2, 0.25) is 4.96 Å². The van der Waals surface area contributed by atoms with Crippen molar-refractivity contribution in [3.63, 3.8) is 0 Å². The highest BCUT2D eigenvalue weighted by molar-refractivity contribution is 7.19. The Balaban J connectivity index is 1.18. The summed E-state index contributed by atoms with van der Waals surface area (Å²) >= 11 is 1.54. The number of imidazole rings is 1. The molecule has 2 aromatic heterocycles. The minimum atomic E-state index is -0.938. The lowest BCUT2D eigenvalue weighted by molar-refractivity contribution is 0.0340. The van der Waals surface area contributed by atoms with Gasteiger partial charge in [0.05, 0.1) is 23.6 Å². The van der Waals surface area contributed by atoms with Gasteiger partial charge >= 0.3 is 5.97 Å². The van der Waals surface area contributed by atoms with Crippen LogP contribution >= 0.6 is 11.3 Å². The molecule has 8 nitrogen and oxygen atoms in total. The van der Waals surface area contributed by atoms with E-state index in [1.165, 1.54) is 17.0 Å². The van der Waals surface area contributed by atoms with E-state index >= 15 is 0 Å². The van der Waals surface area contributed by atoms with Gasteiger partial charge in [0.1, 0.15) is 5.01 Å². The molecule has 37 heavy (non-hydrogen) atoms. The van der Waals surface area contributed by atoms with Gasteiger partial charge in [-0.15, -0.1) is 0 Å². The van der Waals surface area contributed by atoms with Gasteiger partial charge in [-0.3, -0.25) is 0 Å². The molecule has 1 aliphatic rings. The van der Waals surface area contributed by atoms with Crippen molar-refractivity contribution in [2.75, 3.05) is 38.3 Å². The highest BCUT2D eigenvalue weighted by Crippen LogP contribution is 2.31. The molecule has 9 heteroatoms. The molecule has 0 spiro atoms. The van der Waals surface area contributed by atoms with E-state index in [0.717, 1.165) is 85.2 Å². The number of benzene rings is 2. The number of methoxy groups -OCH3 is 1. The van der Waals surface area contributed by atoms with Crippen molar-refractivity contribution in [1.29, 1.82) is 0 Å². The lowest BCUT2D eigenvalue weighted by atomic mass is 10.1. The molecule has 1 aliphatic heterocycles. The van der Waals surface area contributed by atoms with E-state index in [1.54, 1.807) is 37.6 Å². The van der Waals surface area contributed by atoms with Gasteiger partial charge in [-0.2, -0.15) is 5.10 Å². The number of ether oxygens (including phenoxy) is 2. The zero-order chi connectivity index (χ0) is 25.6. The summed E-state index contributed by atoms with van der Waals surface area (Å²) in [6, 6.07) is 15.4. The summed E-state index contributed by atoms with van der Waals surface area (Å²) in [5.41, 5.74) is 4.25. The van der Waals surface area contributed by atoms with Crippen LogP contribution in [0.5, 0.6) is 0 Å². The Morgan fingerprint density at radius 2 is 1.70 bits per heavy atom. The van der Waals surface area contributed by atoms with Crippen molar-refractivity contribution in [2.24, 2.45) is 0 Å². The molecule has 1 saturated heterocycles. The van der Waals surface area contributed by atoms with E-state index in [1.807, 2.05) is 4.52 Å². The van der Waals surface area contributed by atoms with Gasteiger partial charge in [0, 0.05) is 50.2 Å². The van der Waals surface area contributed by atoms with Crippen molar-refractivity contribution in [3.05, 3.63) is 60.3 Å². The van der Waals surface area contributed by atoms with E-state index in [-0.39, 0.29) is 5.56 Å². The maximum absolute atomic E-state index is 11.1. The molecule has 1 fully saturated rings. The van der Waals surface area contributed by atoms with Crippen LogP contribution in [0.15, 0.2) is 54.7 Å². The topological polar surface area (TPSA) is 89.2 Å². The minimum Gasteiger partial charge on any atom is -0.478 e.